The lowest BCUT2D eigenvalue weighted by atomic mass is 10.1. The quantitative estimate of drug-likeness (QED) is 0.630. The zero-order valence-electron chi connectivity index (χ0n) is 11.5. The molecule has 0 amide bonds. The predicted molar refractivity (Wildman–Crippen MR) is 76.5 cm³/mol. The summed E-state index contributed by atoms with van der Waals surface area (Å²) >= 11 is 5.24. The minimum atomic E-state index is -3.00. The Balaban J connectivity index is 2.90. The summed E-state index contributed by atoms with van der Waals surface area (Å²) in [5.74, 6) is -0.477. The molecule has 0 fully saturated rings. The zero-order chi connectivity index (χ0) is 14.6. The molecule has 1 aliphatic rings. The van der Waals surface area contributed by atoms with Gasteiger partial charge in [-0.1, -0.05) is 24.2 Å². The molecule has 0 radical (unpaired) electrons. The Morgan fingerprint density at radius 2 is 1.79 bits per heavy atom. The van der Waals surface area contributed by atoms with E-state index in [2.05, 4.69) is 15.4 Å². The van der Waals surface area contributed by atoms with Crippen LogP contribution in [-0.4, -0.2) is 30.5 Å². The van der Waals surface area contributed by atoms with E-state index < -0.39 is 18.7 Å². The van der Waals surface area contributed by atoms with E-state index >= 15 is 0 Å². The number of esters is 1. The van der Waals surface area contributed by atoms with Crippen molar-refractivity contribution in [3.05, 3.63) is 0 Å². The molecule has 1 heterocycles. The van der Waals surface area contributed by atoms with Crippen LogP contribution in [0.3, 0.4) is 0 Å². The summed E-state index contributed by atoms with van der Waals surface area (Å²) in [6, 6.07) is -0.639. The van der Waals surface area contributed by atoms with Crippen LogP contribution in [0.1, 0.15) is 27.7 Å². The van der Waals surface area contributed by atoms with Crippen molar-refractivity contribution in [1.29, 1.82) is 0 Å². The number of nitrogens with zero attached hydrogens (tertiary/aromatic N) is 2. The molecule has 1 aliphatic heterocycles. The fourth-order valence-electron chi connectivity index (χ4n) is 1.20. The first-order valence-electron chi connectivity index (χ1n) is 5.72. The van der Waals surface area contributed by atoms with Crippen LogP contribution < -0.4 is 5.09 Å². The number of hydrogen-bond acceptors (Lipinski definition) is 7. The third-order valence-electron chi connectivity index (χ3n) is 2.51. The Kier molecular flexibility index (Phi) is 5.46. The minimum Gasteiger partial charge on any atom is -0.468 e. The molecular weight excluding hydrogens is 289 g/mol. The Bertz CT molecular complexity index is 440. The van der Waals surface area contributed by atoms with Gasteiger partial charge in [0.1, 0.15) is 17.5 Å². The number of carbonyl (C=O) groups excluding carboxylic acids is 1. The fraction of sp³-hybridized carbons (Fsp3) is 0.700. The standard InChI is InChI=1S/C10H18N3O4PS/c1-6(2)9(10(14)15-5)13-18(19)16-11-7(3)8(4)12-17-18/h6,9H,1-5H3,(H,13,19). The molecule has 7 nitrogen and oxygen atoms in total. The molecule has 0 saturated heterocycles. The average molecular weight is 307 g/mol. The summed E-state index contributed by atoms with van der Waals surface area (Å²) in [5.41, 5.74) is 1.15. The molecule has 0 aromatic rings. The topological polar surface area (TPSA) is 81.5 Å². The van der Waals surface area contributed by atoms with Gasteiger partial charge in [-0.2, -0.15) is 0 Å². The van der Waals surface area contributed by atoms with Gasteiger partial charge in [-0.15, -0.1) is 0 Å². The first-order chi connectivity index (χ1) is 8.79. The highest BCUT2D eigenvalue weighted by Crippen LogP contribution is 2.47. The molecule has 0 spiro atoms. The van der Waals surface area contributed by atoms with Gasteiger partial charge in [0.2, 0.25) is 0 Å². The Morgan fingerprint density at radius 3 is 2.16 bits per heavy atom. The van der Waals surface area contributed by atoms with E-state index in [9.17, 15) is 4.79 Å². The number of rotatable bonds is 4. The smallest absolute Gasteiger partial charge is 0.408 e. The number of methoxy groups -OCH3 is 1. The molecule has 19 heavy (non-hydrogen) atoms. The Morgan fingerprint density at radius 1 is 1.32 bits per heavy atom. The first-order valence-corrected chi connectivity index (χ1v) is 8.35. The number of ether oxygens (including phenoxy) is 1. The predicted octanol–water partition coefficient (Wildman–Crippen LogP) is 1.80. The van der Waals surface area contributed by atoms with Crippen molar-refractivity contribution < 1.29 is 18.8 Å². The second kappa shape index (κ2) is 6.45. The summed E-state index contributed by atoms with van der Waals surface area (Å²) < 4.78 is 15.1. The third-order valence-corrected chi connectivity index (χ3v) is 4.42. The van der Waals surface area contributed by atoms with Gasteiger partial charge in [-0.05, 0) is 19.8 Å². The van der Waals surface area contributed by atoms with E-state index in [1.807, 2.05) is 13.8 Å². The lowest BCUT2D eigenvalue weighted by Gasteiger charge is -2.24. The highest BCUT2D eigenvalue weighted by atomic mass is 32.5. The number of hydrogen-bond donors (Lipinski definition) is 1. The van der Waals surface area contributed by atoms with E-state index in [1.54, 1.807) is 13.8 Å². The minimum absolute atomic E-state index is 0.0436. The summed E-state index contributed by atoms with van der Waals surface area (Å²) in [7, 11) is 1.31. The Labute approximate surface area is 117 Å². The maximum absolute atomic E-state index is 11.7. The van der Waals surface area contributed by atoms with E-state index in [0.717, 1.165) is 0 Å². The average Bonchev–Trinajstić information content (AvgIpc) is 2.49. The molecule has 0 bridgehead atoms. The molecule has 1 rings (SSSR count). The summed E-state index contributed by atoms with van der Waals surface area (Å²) in [6.45, 7) is 4.17. The van der Waals surface area contributed by atoms with Crippen LogP contribution in [0.25, 0.3) is 0 Å². The van der Waals surface area contributed by atoms with Crippen LogP contribution in [0.4, 0.5) is 0 Å². The van der Waals surface area contributed by atoms with Crippen LogP contribution in [0.15, 0.2) is 10.3 Å². The molecule has 1 N–H and O–H groups in total. The first kappa shape index (κ1) is 16.1. The van der Waals surface area contributed by atoms with Crippen LogP contribution >= 0.6 is 6.64 Å². The largest absolute Gasteiger partial charge is 0.468 e. The maximum Gasteiger partial charge on any atom is 0.408 e. The molecule has 0 aliphatic carbocycles. The van der Waals surface area contributed by atoms with Gasteiger partial charge in [0, 0.05) is 11.8 Å². The van der Waals surface area contributed by atoms with Crippen molar-refractivity contribution >= 4 is 35.8 Å². The van der Waals surface area contributed by atoms with Crippen molar-refractivity contribution in [2.24, 2.45) is 16.2 Å². The lowest BCUT2D eigenvalue weighted by molar-refractivity contribution is -0.143. The molecule has 9 heteroatoms. The van der Waals surface area contributed by atoms with Gasteiger partial charge in [0.25, 0.3) is 0 Å². The Hall–Kier alpha value is -0.980. The molecular formula is C10H18N3O4PS. The van der Waals surface area contributed by atoms with E-state index in [4.69, 9.17) is 25.8 Å². The van der Waals surface area contributed by atoms with Crippen molar-refractivity contribution in [2.75, 3.05) is 7.11 Å². The van der Waals surface area contributed by atoms with Crippen LogP contribution in [0.2, 0.25) is 0 Å². The molecule has 0 saturated carbocycles. The normalized spacial score (nSPS) is 19.5. The summed E-state index contributed by atoms with van der Waals surface area (Å²) in [4.78, 5) is 11.7. The van der Waals surface area contributed by atoms with Crippen molar-refractivity contribution in [3.8, 4) is 0 Å². The van der Waals surface area contributed by atoms with Gasteiger partial charge in [-0.3, -0.25) is 4.79 Å². The van der Waals surface area contributed by atoms with Crippen LogP contribution in [-0.2, 0) is 30.6 Å². The summed E-state index contributed by atoms with van der Waals surface area (Å²) in [6.07, 6.45) is 0. The van der Waals surface area contributed by atoms with E-state index in [1.165, 1.54) is 7.11 Å². The molecule has 1 unspecified atom stereocenters. The van der Waals surface area contributed by atoms with Crippen molar-refractivity contribution in [1.82, 2.24) is 5.09 Å². The van der Waals surface area contributed by atoms with Crippen molar-refractivity contribution in [2.45, 2.75) is 33.7 Å². The van der Waals surface area contributed by atoms with Crippen molar-refractivity contribution in [3.63, 3.8) is 0 Å². The molecule has 0 aromatic carbocycles. The fourth-order valence-corrected chi connectivity index (χ4v) is 3.06. The molecule has 1 atom stereocenters. The van der Waals surface area contributed by atoms with Gasteiger partial charge in [0.15, 0.2) is 0 Å². The highest BCUT2D eigenvalue weighted by Gasteiger charge is 2.34. The van der Waals surface area contributed by atoms with Crippen LogP contribution in [0.5, 0.6) is 0 Å². The van der Waals surface area contributed by atoms with Gasteiger partial charge in [-0.25, -0.2) is 5.09 Å². The molecule has 0 aromatic heterocycles. The van der Waals surface area contributed by atoms with E-state index in [-0.39, 0.29) is 5.92 Å². The monoisotopic (exact) mass is 307 g/mol. The maximum atomic E-state index is 11.7. The van der Waals surface area contributed by atoms with Gasteiger partial charge < -0.3 is 14.0 Å². The van der Waals surface area contributed by atoms with Gasteiger partial charge >= 0.3 is 12.6 Å². The lowest BCUT2D eigenvalue weighted by Crippen LogP contribution is -2.40. The SMILES string of the molecule is COC(=O)C(NP1(=S)ON=C(C)C(C)=NO1)C(C)C. The van der Waals surface area contributed by atoms with Crippen LogP contribution in [0, 0.1) is 5.92 Å². The number of carbonyl (C=O) groups is 1. The number of nitrogens with one attached hydrogen (secondary N) is 1. The molecule has 108 valence electrons. The second-order valence-electron chi connectivity index (χ2n) is 4.39. The highest BCUT2D eigenvalue weighted by molar-refractivity contribution is 8.09. The summed E-state index contributed by atoms with van der Waals surface area (Å²) in [5, 5.41) is 10.6. The van der Waals surface area contributed by atoms with Gasteiger partial charge in [0.05, 0.1) is 7.11 Å². The number of oxime groups is 2. The zero-order valence-corrected chi connectivity index (χ0v) is 13.2. The van der Waals surface area contributed by atoms with E-state index in [0.29, 0.717) is 11.4 Å². The second-order valence-corrected chi connectivity index (χ2v) is 7.41. The third kappa shape index (κ3) is 4.26.